The van der Waals surface area contributed by atoms with Gasteiger partial charge in [-0.05, 0) is 30.3 Å². The van der Waals surface area contributed by atoms with Gasteiger partial charge in [0.25, 0.3) is 0 Å². The number of aromatic nitrogens is 2. The van der Waals surface area contributed by atoms with Crippen LogP contribution in [0.25, 0.3) is 22.7 Å². The molecule has 3 aromatic rings. The van der Waals surface area contributed by atoms with Crippen LogP contribution in [0.5, 0.6) is 0 Å². The van der Waals surface area contributed by atoms with Crippen molar-refractivity contribution in [2.24, 2.45) is 7.05 Å². The Labute approximate surface area is 117 Å². The molecule has 3 heterocycles. The van der Waals surface area contributed by atoms with Crippen molar-refractivity contribution in [3.05, 3.63) is 42.8 Å². The van der Waals surface area contributed by atoms with Gasteiger partial charge in [-0.3, -0.25) is 0 Å². The number of nitrogens with one attached hydrogen (secondary N) is 1. The van der Waals surface area contributed by atoms with Gasteiger partial charge < -0.3 is 20.0 Å². The Morgan fingerprint density at radius 1 is 1.30 bits per heavy atom. The fourth-order valence-electron chi connectivity index (χ4n) is 2.31. The lowest BCUT2D eigenvalue weighted by Gasteiger charge is -2.12. The highest BCUT2D eigenvalue weighted by molar-refractivity contribution is 5.85. The molecule has 3 N–H and O–H groups in total. The van der Waals surface area contributed by atoms with E-state index >= 15 is 0 Å². The SMILES string of the molecule is CNc1c(-c2ccco2)cc(-c2cccn2C)nc1N. The summed E-state index contributed by atoms with van der Waals surface area (Å²) in [6.07, 6.45) is 3.62. The zero-order valence-corrected chi connectivity index (χ0v) is 11.4. The number of aryl methyl sites for hydroxylation is 1. The number of nitrogens with zero attached hydrogens (tertiary/aromatic N) is 2. The summed E-state index contributed by atoms with van der Waals surface area (Å²) >= 11 is 0. The Morgan fingerprint density at radius 3 is 2.75 bits per heavy atom. The van der Waals surface area contributed by atoms with E-state index in [0.717, 1.165) is 28.4 Å². The van der Waals surface area contributed by atoms with Gasteiger partial charge in [0, 0.05) is 25.9 Å². The predicted octanol–water partition coefficient (Wildman–Crippen LogP) is 2.97. The third-order valence-electron chi connectivity index (χ3n) is 3.29. The fraction of sp³-hybridized carbons (Fsp3) is 0.133. The monoisotopic (exact) mass is 268 g/mol. The quantitative estimate of drug-likeness (QED) is 0.766. The van der Waals surface area contributed by atoms with E-state index in [0.29, 0.717) is 5.82 Å². The van der Waals surface area contributed by atoms with E-state index in [-0.39, 0.29) is 0 Å². The lowest BCUT2D eigenvalue weighted by atomic mass is 10.1. The van der Waals surface area contributed by atoms with E-state index in [4.69, 9.17) is 10.2 Å². The predicted molar refractivity (Wildman–Crippen MR) is 80.3 cm³/mol. The molecule has 0 aliphatic rings. The van der Waals surface area contributed by atoms with Crippen LogP contribution in [0.4, 0.5) is 11.5 Å². The van der Waals surface area contributed by atoms with Crippen LogP contribution in [0.2, 0.25) is 0 Å². The highest BCUT2D eigenvalue weighted by Crippen LogP contribution is 2.35. The first-order valence-corrected chi connectivity index (χ1v) is 6.34. The molecule has 5 nitrogen and oxygen atoms in total. The smallest absolute Gasteiger partial charge is 0.148 e. The van der Waals surface area contributed by atoms with Crippen molar-refractivity contribution < 1.29 is 4.42 Å². The number of hydrogen-bond donors (Lipinski definition) is 2. The summed E-state index contributed by atoms with van der Waals surface area (Å²) in [6, 6.07) is 9.73. The van der Waals surface area contributed by atoms with Crippen LogP contribution in [0.3, 0.4) is 0 Å². The largest absolute Gasteiger partial charge is 0.464 e. The minimum absolute atomic E-state index is 0.456. The Hall–Kier alpha value is -2.69. The van der Waals surface area contributed by atoms with Crippen molar-refractivity contribution in [2.75, 3.05) is 18.1 Å². The Kier molecular flexibility index (Phi) is 2.95. The van der Waals surface area contributed by atoms with Crippen molar-refractivity contribution >= 4 is 11.5 Å². The molecule has 0 fully saturated rings. The van der Waals surface area contributed by atoms with Crippen LogP contribution in [0.15, 0.2) is 47.2 Å². The van der Waals surface area contributed by atoms with Crippen molar-refractivity contribution in [3.8, 4) is 22.7 Å². The van der Waals surface area contributed by atoms with Crippen LogP contribution in [0, 0.1) is 0 Å². The first kappa shape index (κ1) is 12.3. The number of nitrogens with two attached hydrogens (primary N) is 1. The molecule has 0 amide bonds. The van der Waals surface area contributed by atoms with Crippen LogP contribution in [0.1, 0.15) is 0 Å². The summed E-state index contributed by atoms with van der Waals surface area (Å²) in [6.45, 7) is 0. The molecule has 0 aliphatic carbocycles. The molecule has 0 spiro atoms. The van der Waals surface area contributed by atoms with Crippen LogP contribution in [-0.2, 0) is 7.05 Å². The second-order valence-electron chi connectivity index (χ2n) is 4.55. The highest BCUT2D eigenvalue weighted by Gasteiger charge is 2.15. The van der Waals surface area contributed by atoms with Crippen molar-refractivity contribution in [1.82, 2.24) is 9.55 Å². The van der Waals surface area contributed by atoms with Crippen LogP contribution in [-0.4, -0.2) is 16.6 Å². The summed E-state index contributed by atoms with van der Waals surface area (Å²) in [4.78, 5) is 4.47. The molecule has 0 saturated carbocycles. The fourth-order valence-corrected chi connectivity index (χ4v) is 2.31. The van der Waals surface area contributed by atoms with Gasteiger partial charge in [-0.25, -0.2) is 4.98 Å². The Balaban J connectivity index is 2.23. The van der Waals surface area contributed by atoms with E-state index in [2.05, 4.69) is 10.3 Å². The molecule has 0 bridgehead atoms. The van der Waals surface area contributed by atoms with Gasteiger partial charge in [0.2, 0.25) is 0 Å². The number of anilines is 2. The Bertz CT molecular complexity index is 728. The molecule has 0 aliphatic heterocycles. The lowest BCUT2D eigenvalue weighted by Crippen LogP contribution is -2.03. The summed E-state index contributed by atoms with van der Waals surface area (Å²) in [5.41, 5.74) is 9.58. The molecule has 0 unspecified atom stereocenters. The van der Waals surface area contributed by atoms with Gasteiger partial charge in [-0.15, -0.1) is 0 Å². The molecular formula is C15H16N4O. The normalized spacial score (nSPS) is 10.7. The molecule has 102 valence electrons. The third kappa shape index (κ3) is 1.93. The molecule has 3 aromatic heterocycles. The van der Waals surface area contributed by atoms with Gasteiger partial charge in [0.1, 0.15) is 11.6 Å². The van der Waals surface area contributed by atoms with Gasteiger partial charge in [-0.1, -0.05) is 0 Å². The number of furan rings is 1. The average molecular weight is 268 g/mol. The minimum Gasteiger partial charge on any atom is -0.464 e. The van der Waals surface area contributed by atoms with Gasteiger partial charge >= 0.3 is 0 Å². The molecule has 0 atom stereocenters. The highest BCUT2D eigenvalue weighted by atomic mass is 16.3. The van der Waals surface area contributed by atoms with Crippen molar-refractivity contribution in [1.29, 1.82) is 0 Å². The topological polar surface area (TPSA) is 69.0 Å². The molecule has 5 heteroatoms. The third-order valence-corrected chi connectivity index (χ3v) is 3.29. The lowest BCUT2D eigenvalue weighted by molar-refractivity contribution is 0.582. The second kappa shape index (κ2) is 4.77. The summed E-state index contributed by atoms with van der Waals surface area (Å²) in [5.74, 6) is 1.22. The number of rotatable bonds is 3. The maximum absolute atomic E-state index is 6.07. The van der Waals surface area contributed by atoms with Crippen LogP contribution >= 0.6 is 0 Å². The van der Waals surface area contributed by atoms with Gasteiger partial charge in [0.05, 0.1) is 23.3 Å². The minimum atomic E-state index is 0.456. The standard InChI is InChI=1S/C15H16N4O/c1-17-14-10(13-6-4-8-20-13)9-11(18-15(14)16)12-5-3-7-19(12)2/h3-9,17H,1-2H3,(H2,16,18). The summed E-state index contributed by atoms with van der Waals surface area (Å²) < 4.78 is 7.50. The first-order valence-electron chi connectivity index (χ1n) is 6.34. The maximum Gasteiger partial charge on any atom is 0.148 e. The maximum atomic E-state index is 6.07. The van der Waals surface area contributed by atoms with E-state index in [1.54, 1.807) is 6.26 Å². The van der Waals surface area contributed by atoms with E-state index in [1.807, 2.05) is 55.2 Å². The molecule has 0 radical (unpaired) electrons. The van der Waals surface area contributed by atoms with Gasteiger partial charge in [0.15, 0.2) is 0 Å². The second-order valence-corrected chi connectivity index (χ2v) is 4.55. The van der Waals surface area contributed by atoms with E-state index in [9.17, 15) is 0 Å². The Morgan fingerprint density at radius 2 is 2.15 bits per heavy atom. The molecular weight excluding hydrogens is 252 g/mol. The van der Waals surface area contributed by atoms with E-state index in [1.165, 1.54) is 0 Å². The number of pyridine rings is 1. The average Bonchev–Trinajstić information content (AvgIpc) is 3.08. The zero-order valence-electron chi connectivity index (χ0n) is 11.4. The zero-order chi connectivity index (χ0) is 14.1. The van der Waals surface area contributed by atoms with Crippen molar-refractivity contribution in [2.45, 2.75) is 0 Å². The molecule has 3 rings (SSSR count). The molecule has 0 aromatic carbocycles. The summed E-state index contributed by atoms with van der Waals surface area (Å²) in [7, 11) is 3.80. The first-order chi connectivity index (χ1) is 9.70. The molecule has 20 heavy (non-hydrogen) atoms. The van der Waals surface area contributed by atoms with Crippen molar-refractivity contribution in [3.63, 3.8) is 0 Å². The van der Waals surface area contributed by atoms with E-state index < -0.39 is 0 Å². The number of hydrogen-bond acceptors (Lipinski definition) is 4. The molecule has 0 saturated heterocycles. The summed E-state index contributed by atoms with van der Waals surface area (Å²) in [5, 5.41) is 3.08. The van der Waals surface area contributed by atoms with Gasteiger partial charge in [-0.2, -0.15) is 0 Å². The number of nitrogen functional groups attached to an aromatic ring is 1. The van der Waals surface area contributed by atoms with Crippen LogP contribution < -0.4 is 11.1 Å².